The van der Waals surface area contributed by atoms with Crippen molar-refractivity contribution < 1.29 is 39.8 Å². The molecule has 0 amide bonds. The van der Waals surface area contributed by atoms with Crippen LogP contribution >= 0.6 is 0 Å². The van der Waals surface area contributed by atoms with Crippen LogP contribution in [0.5, 0.6) is 0 Å². The summed E-state index contributed by atoms with van der Waals surface area (Å²) < 4.78 is 51.4. The van der Waals surface area contributed by atoms with E-state index in [0.29, 0.717) is 25.4 Å². The molecule has 0 radical (unpaired) electrons. The van der Waals surface area contributed by atoms with E-state index in [0.717, 1.165) is 0 Å². The van der Waals surface area contributed by atoms with Crippen LogP contribution in [0.1, 0.15) is 19.8 Å². The lowest BCUT2D eigenvalue weighted by Crippen LogP contribution is -2.84. The fourth-order valence-electron chi connectivity index (χ4n) is 3.67. The molecule has 10 nitrogen and oxygen atoms in total. The average molecular weight is 462 g/mol. The Balaban J connectivity index is 5.88. The minimum absolute atomic E-state index is 0.540. The Morgan fingerprint density at radius 1 is 0.607 bits per heavy atom. The van der Waals surface area contributed by atoms with Crippen molar-refractivity contribution >= 4 is 26.4 Å². The van der Waals surface area contributed by atoms with Crippen molar-refractivity contribution in [2.24, 2.45) is 0 Å². The SMILES string of the molecule is CCC(NCCC[Si](OC)(OC)OC)([Si](OC)(OC)OC)[Si](OC)(OC)OC. The molecule has 0 aliphatic carbocycles. The highest BCUT2D eigenvalue weighted by atomic mass is 28.5. The molecule has 0 aliphatic rings. The van der Waals surface area contributed by atoms with Crippen LogP contribution in [0.25, 0.3) is 0 Å². The van der Waals surface area contributed by atoms with Crippen LogP contribution < -0.4 is 5.32 Å². The van der Waals surface area contributed by atoms with E-state index in [9.17, 15) is 0 Å². The van der Waals surface area contributed by atoms with Gasteiger partial charge in [0.05, 0.1) is 0 Å². The monoisotopic (exact) mass is 461 g/mol. The molecule has 0 aliphatic heterocycles. The molecule has 13 heteroatoms. The zero-order valence-electron chi connectivity index (χ0n) is 19.0. The second-order valence-corrected chi connectivity index (χ2v) is 15.9. The first kappa shape index (κ1) is 28.3. The molecule has 0 unspecified atom stereocenters. The second-order valence-electron chi connectivity index (χ2n) is 5.92. The summed E-state index contributed by atoms with van der Waals surface area (Å²) in [5.41, 5.74) is 0. The van der Waals surface area contributed by atoms with Crippen LogP contribution in [0.4, 0.5) is 0 Å². The average Bonchev–Trinajstić information content (AvgIpc) is 2.76. The first-order chi connectivity index (χ1) is 13.3. The lowest BCUT2D eigenvalue weighted by molar-refractivity contribution is 0.0453. The predicted molar refractivity (Wildman–Crippen MR) is 111 cm³/mol. The van der Waals surface area contributed by atoms with Gasteiger partial charge in [0.15, 0.2) is 4.79 Å². The highest BCUT2D eigenvalue weighted by Gasteiger charge is 2.75. The van der Waals surface area contributed by atoms with Crippen molar-refractivity contribution in [3.8, 4) is 0 Å². The third-order valence-corrected chi connectivity index (χ3v) is 16.3. The molecule has 0 aromatic carbocycles. The Morgan fingerprint density at radius 2 is 0.964 bits per heavy atom. The van der Waals surface area contributed by atoms with Crippen LogP contribution in [0.2, 0.25) is 6.04 Å². The molecular weight excluding hydrogens is 422 g/mol. The lowest BCUT2D eigenvalue weighted by Gasteiger charge is -2.49. The Kier molecular flexibility index (Phi) is 12.9. The summed E-state index contributed by atoms with van der Waals surface area (Å²) in [5, 5.41) is 3.54. The van der Waals surface area contributed by atoms with Gasteiger partial charge in [0.1, 0.15) is 0 Å². The van der Waals surface area contributed by atoms with Crippen molar-refractivity contribution in [3.05, 3.63) is 0 Å². The van der Waals surface area contributed by atoms with Gasteiger partial charge in [-0.1, -0.05) is 6.92 Å². The van der Waals surface area contributed by atoms with Crippen molar-refractivity contribution in [2.45, 2.75) is 30.6 Å². The smallest absolute Gasteiger partial charge is 0.377 e. The Morgan fingerprint density at radius 3 is 1.21 bits per heavy atom. The fourth-order valence-corrected chi connectivity index (χ4v) is 13.4. The zero-order chi connectivity index (χ0) is 21.9. The highest BCUT2D eigenvalue weighted by molar-refractivity contribution is 6.85. The van der Waals surface area contributed by atoms with Gasteiger partial charge in [-0.2, -0.15) is 0 Å². The highest BCUT2D eigenvalue weighted by Crippen LogP contribution is 2.36. The molecule has 0 aromatic rings. The van der Waals surface area contributed by atoms with Crippen LogP contribution in [-0.2, 0) is 39.8 Å². The van der Waals surface area contributed by atoms with E-state index in [2.05, 4.69) is 5.32 Å². The molecule has 0 saturated heterocycles. The van der Waals surface area contributed by atoms with Gasteiger partial charge in [0.25, 0.3) is 0 Å². The van der Waals surface area contributed by atoms with Gasteiger partial charge in [0, 0.05) is 70.0 Å². The zero-order valence-corrected chi connectivity index (χ0v) is 22.0. The molecule has 0 bridgehead atoms. The van der Waals surface area contributed by atoms with E-state index in [-0.39, 0.29) is 0 Å². The van der Waals surface area contributed by atoms with E-state index >= 15 is 0 Å². The van der Waals surface area contributed by atoms with Crippen molar-refractivity contribution in [3.63, 3.8) is 0 Å². The van der Waals surface area contributed by atoms with Crippen LogP contribution in [-0.4, -0.2) is 102 Å². The predicted octanol–water partition coefficient (Wildman–Crippen LogP) is 0.828. The van der Waals surface area contributed by atoms with Gasteiger partial charge >= 0.3 is 26.4 Å². The Labute approximate surface area is 173 Å². The number of hydrogen-bond donors (Lipinski definition) is 1. The molecule has 0 rings (SSSR count). The number of hydrogen-bond acceptors (Lipinski definition) is 10. The summed E-state index contributed by atoms with van der Waals surface area (Å²) in [6.45, 7) is 2.55. The van der Waals surface area contributed by atoms with Crippen molar-refractivity contribution in [2.75, 3.05) is 70.5 Å². The maximum absolute atomic E-state index is 5.83. The molecule has 0 heterocycles. The standard InChI is InChI=1S/C15H39NO9Si3/c1-11-15(27(20-5,21-6)22-7,28(23-8,24-9)25-10)16-13-12-14-26(17-2,18-3)19-4/h16H,11-14H2,1-10H3. The van der Waals surface area contributed by atoms with Gasteiger partial charge in [-0.25, -0.2) is 0 Å². The summed E-state index contributed by atoms with van der Waals surface area (Å²) in [7, 11) is 4.83. The molecule has 0 spiro atoms. The van der Waals surface area contributed by atoms with Crippen molar-refractivity contribution in [1.29, 1.82) is 0 Å². The van der Waals surface area contributed by atoms with Crippen molar-refractivity contribution in [1.82, 2.24) is 5.32 Å². The van der Waals surface area contributed by atoms with Gasteiger partial charge < -0.3 is 45.2 Å². The number of nitrogens with one attached hydrogen (secondary N) is 1. The topological polar surface area (TPSA) is 95.1 Å². The normalized spacial score (nSPS) is 13.9. The summed E-state index contributed by atoms with van der Waals surface area (Å²) in [6, 6.07) is 0.631. The summed E-state index contributed by atoms with van der Waals surface area (Å²) >= 11 is 0. The maximum atomic E-state index is 5.83. The van der Waals surface area contributed by atoms with E-state index < -0.39 is 31.2 Å². The van der Waals surface area contributed by atoms with Crippen LogP contribution in [0.3, 0.4) is 0 Å². The van der Waals surface area contributed by atoms with E-state index in [1.54, 1.807) is 64.0 Å². The molecule has 0 fully saturated rings. The third-order valence-electron chi connectivity index (χ3n) is 5.21. The van der Waals surface area contributed by atoms with E-state index in [1.165, 1.54) is 0 Å². The molecule has 1 N–H and O–H groups in total. The van der Waals surface area contributed by atoms with Gasteiger partial charge in [-0.05, 0) is 19.4 Å². The summed E-state index contributed by atoms with van der Waals surface area (Å²) in [6.07, 6.45) is 1.25. The second kappa shape index (κ2) is 12.8. The van der Waals surface area contributed by atoms with Crippen LogP contribution in [0.15, 0.2) is 0 Å². The summed E-state index contributed by atoms with van der Waals surface area (Å²) in [4.78, 5) is -0.923. The first-order valence-corrected chi connectivity index (χ1v) is 14.4. The molecule has 28 heavy (non-hydrogen) atoms. The quantitative estimate of drug-likeness (QED) is 0.248. The largest absolute Gasteiger partial charge is 0.525 e. The Bertz CT molecular complexity index is 377. The minimum atomic E-state index is -3.32. The first-order valence-electron chi connectivity index (χ1n) is 9.03. The molecule has 170 valence electrons. The van der Waals surface area contributed by atoms with Gasteiger partial charge in [0.2, 0.25) is 0 Å². The third kappa shape index (κ3) is 5.11. The minimum Gasteiger partial charge on any atom is -0.377 e. The maximum Gasteiger partial charge on any atom is 0.525 e. The Hall–Kier alpha value is 0.251. The number of rotatable bonds is 17. The lowest BCUT2D eigenvalue weighted by atomic mass is 10.4. The van der Waals surface area contributed by atoms with Gasteiger partial charge in [-0.15, -0.1) is 0 Å². The van der Waals surface area contributed by atoms with Crippen LogP contribution in [0, 0.1) is 0 Å². The van der Waals surface area contributed by atoms with Gasteiger partial charge in [-0.3, -0.25) is 0 Å². The molecule has 0 saturated carbocycles. The van der Waals surface area contributed by atoms with E-state index in [4.69, 9.17) is 39.8 Å². The van der Waals surface area contributed by atoms with E-state index in [1.807, 2.05) is 6.92 Å². The summed E-state index contributed by atoms with van der Waals surface area (Å²) in [5.74, 6) is 0. The molecular formula is C15H39NO9Si3. The molecule has 0 aromatic heterocycles. The molecule has 0 atom stereocenters. The fraction of sp³-hybridized carbons (Fsp3) is 1.00.